The molecule has 1 fully saturated rings. The van der Waals surface area contributed by atoms with Gasteiger partial charge in [-0.15, -0.1) is 0 Å². The first-order chi connectivity index (χ1) is 13.9. The first-order valence-corrected chi connectivity index (χ1v) is 9.80. The predicted molar refractivity (Wildman–Crippen MR) is 110 cm³/mol. The number of thioether (sulfide) groups is 1. The average Bonchev–Trinajstić information content (AvgIpc) is 2.93. The van der Waals surface area contributed by atoms with Gasteiger partial charge in [0.15, 0.2) is 0 Å². The van der Waals surface area contributed by atoms with E-state index >= 15 is 0 Å². The summed E-state index contributed by atoms with van der Waals surface area (Å²) >= 11 is 6.75. The van der Waals surface area contributed by atoms with Crippen molar-refractivity contribution in [2.24, 2.45) is 0 Å². The maximum Gasteiger partial charge on any atom is 0.294 e. The number of nitrogens with zero attached hydrogens (tertiary/aromatic N) is 1. The number of carbonyl (C=O) groups is 3. The van der Waals surface area contributed by atoms with Crippen molar-refractivity contribution in [2.45, 2.75) is 6.92 Å². The molecule has 3 rings (SSSR count). The summed E-state index contributed by atoms with van der Waals surface area (Å²) in [5.74, 6) is -1.07. The van der Waals surface area contributed by atoms with E-state index in [-0.39, 0.29) is 4.91 Å². The second kappa shape index (κ2) is 9.11. The highest BCUT2D eigenvalue weighted by Crippen LogP contribution is 2.34. The lowest BCUT2D eigenvalue weighted by Crippen LogP contribution is -2.36. The summed E-state index contributed by atoms with van der Waals surface area (Å²) in [6.07, 6.45) is 1.51. The summed E-state index contributed by atoms with van der Waals surface area (Å²) in [6, 6.07) is 10.1. The van der Waals surface area contributed by atoms with Crippen LogP contribution in [0, 0.1) is 5.82 Å². The van der Waals surface area contributed by atoms with Crippen molar-refractivity contribution in [2.75, 3.05) is 18.5 Å². The molecule has 1 aliphatic heterocycles. The van der Waals surface area contributed by atoms with E-state index in [1.807, 2.05) is 6.92 Å². The second-order valence-electron chi connectivity index (χ2n) is 5.94. The molecule has 0 bridgehead atoms. The molecule has 0 radical (unpaired) electrons. The molecule has 0 unspecified atom stereocenters. The number of rotatable bonds is 6. The number of nitrogens with one attached hydrogen (secondary N) is 1. The van der Waals surface area contributed by atoms with Crippen LogP contribution in [0.2, 0.25) is 5.02 Å². The molecule has 2 aromatic rings. The maximum absolute atomic E-state index is 12.9. The minimum Gasteiger partial charge on any atom is -0.493 e. The fourth-order valence-corrected chi connectivity index (χ4v) is 3.58. The maximum atomic E-state index is 12.9. The average molecular weight is 435 g/mol. The Labute approximate surface area is 175 Å². The summed E-state index contributed by atoms with van der Waals surface area (Å²) in [4.78, 5) is 38.0. The highest BCUT2D eigenvalue weighted by Gasteiger charge is 2.36. The fraction of sp³-hybridized carbons (Fsp3) is 0.150. The first kappa shape index (κ1) is 20.9. The van der Waals surface area contributed by atoms with Crippen LogP contribution in [-0.4, -0.2) is 35.1 Å². The Morgan fingerprint density at radius 3 is 2.66 bits per heavy atom. The number of imide groups is 1. The fourth-order valence-electron chi connectivity index (χ4n) is 2.57. The SMILES string of the molecule is CCOc1ccc(Cl)cc1/C=C1\SC(=O)N(CC(=O)Nc2ccc(F)cc2)C1=O. The van der Waals surface area contributed by atoms with E-state index in [4.69, 9.17) is 16.3 Å². The number of hydrogen-bond donors (Lipinski definition) is 1. The largest absolute Gasteiger partial charge is 0.493 e. The number of anilines is 1. The van der Waals surface area contributed by atoms with Crippen molar-refractivity contribution in [3.63, 3.8) is 0 Å². The number of halogens is 2. The summed E-state index contributed by atoms with van der Waals surface area (Å²) < 4.78 is 18.5. The first-order valence-electron chi connectivity index (χ1n) is 8.60. The Morgan fingerprint density at radius 2 is 1.97 bits per heavy atom. The van der Waals surface area contributed by atoms with E-state index in [0.29, 0.717) is 28.6 Å². The topological polar surface area (TPSA) is 75.7 Å². The van der Waals surface area contributed by atoms with Crippen LogP contribution in [0.15, 0.2) is 47.4 Å². The van der Waals surface area contributed by atoms with Gasteiger partial charge in [0, 0.05) is 16.3 Å². The normalized spacial score (nSPS) is 15.1. The molecule has 1 aliphatic rings. The Hall–Kier alpha value is -2.84. The van der Waals surface area contributed by atoms with Crippen LogP contribution in [0.5, 0.6) is 5.75 Å². The van der Waals surface area contributed by atoms with Crippen molar-refractivity contribution in [1.29, 1.82) is 0 Å². The Morgan fingerprint density at radius 1 is 1.24 bits per heavy atom. The van der Waals surface area contributed by atoms with E-state index in [1.165, 1.54) is 30.3 Å². The minimum absolute atomic E-state index is 0.160. The van der Waals surface area contributed by atoms with Crippen LogP contribution < -0.4 is 10.1 Å². The molecule has 6 nitrogen and oxygen atoms in total. The quantitative estimate of drug-likeness (QED) is 0.675. The summed E-state index contributed by atoms with van der Waals surface area (Å²) in [5, 5.41) is 2.41. The summed E-state index contributed by atoms with van der Waals surface area (Å²) in [5.41, 5.74) is 0.916. The minimum atomic E-state index is -0.586. The Bertz CT molecular complexity index is 994. The third-order valence-electron chi connectivity index (χ3n) is 3.86. The second-order valence-corrected chi connectivity index (χ2v) is 7.37. The smallest absolute Gasteiger partial charge is 0.294 e. The molecule has 9 heteroatoms. The molecule has 1 N–H and O–H groups in total. The molecule has 0 aliphatic carbocycles. The third-order valence-corrected chi connectivity index (χ3v) is 5.00. The van der Waals surface area contributed by atoms with Crippen molar-refractivity contribution in [3.8, 4) is 5.75 Å². The molecular weight excluding hydrogens is 419 g/mol. The number of ether oxygens (including phenoxy) is 1. The van der Waals surface area contributed by atoms with Crippen molar-refractivity contribution < 1.29 is 23.5 Å². The predicted octanol–water partition coefficient (Wildman–Crippen LogP) is 4.55. The van der Waals surface area contributed by atoms with Crippen LogP contribution in [0.1, 0.15) is 12.5 Å². The van der Waals surface area contributed by atoms with Crippen LogP contribution >= 0.6 is 23.4 Å². The van der Waals surface area contributed by atoms with E-state index in [2.05, 4.69) is 5.32 Å². The monoisotopic (exact) mass is 434 g/mol. The Balaban J connectivity index is 1.74. The lowest BCUT2D eigenvalue weighted by molar-refractivity contribution is -0.127. The Kier molecular flexibility index (Phi) is 6.56. The van der Waals surface area contributed by atoms with Gasteiger partial charge in [-0.2, -0.15) is 0 Å². The zero-order valence-corrected chi connectivity index (χ0v) is 16.8. The van der Waals surface area contributed by atoms with Gasteiger partial charge in [-0.05, 0) is 67.2 Å². The lowest BCUT2D eigenvalue weighted by Gasteiger charge is -2.12. The van der Waals surface area contributed by atoms with Gasteiger partial charge in [-0.25, -0.2) is 4.39 Å². The van der Waals surface area contributed by atoms with Crippen LogP contribution in [0.4, 0.5) is 14.9 Å². The molecule has 150 valence electrons. The van der Waals surface area contributed by atoms with Crippen LogP contribution in [0.25, 0.3) is 6.08 Å². The van der Waals surface area contributed by atoms with Gasteiger partial charge in [-0.3, -0.25) is 19.3 Å². The lowest BCUT2D eigenvalue weighted by atomic mass is 10.2. The van der Waals surface area contributed by atoms with Crippen molar-refractivity contribution in [3.05, 3.63) is 63.8 Å². The number of benzene rings is 2. The molecule has 0 aromatic heterocycles. The summed E-state index contributed by atoms with van der Waals surface area (Å²) in [7, 11) is 0. The molecule has 1 heterocycles. The zero-order chi connectivity index (χ0) is 21.0. The van der Waals surface area contributed by atoms with E-state index in [1.54, 1.807) is 18.2 Å². The van der Waals surface area contributed by atoms with Crippen LogP contribution in [-0.2, 0) is 9.59 Å². The van der Waals surface area contributed by atoms with Gasteiger partial charge >= 0.3 is 0 Å². The van der Waals surface area contributed by atoms with Gasteiger partial charge in [0.05, 0.1) is 11.5 Å². The molecule has 0 spiro atoms. The molecule has 0 saturated carbocycles. The highest BCUT2D eigenvalue weighted by molar-refractivity contribution is 8.18. The molecule has 1 saturated heterocycles. The molecule has 0 atom stereocenters. The zero-order valence-electron chi connectivity index (χ0n) is 15.3. The van der Waals surface area contributed by atoms with Gasteiger partial charge in [0.1, 0.15) is 18.1 Å². The van der Waals surface area contributed by atoms with Crippen molar-refractivity contribution >= 4 is 52.2 Å². The number of hydrogen-bond acceptors (Lipinski definition) is 5. The molecule has 29 heavy (non-hydrogen) atoms. The van der Waals surface area contributed by atoms with E-state index < -0.39 is 29.4 Å². The van der Waals surface area contributed by atoms with Crippen LogP contribution in [0.3, 0.4) is 0 Å². The van der Waals surface area contributed by atoms with Gasteiger partial charge < -0.3 is 10.1 Å². The highest BCUT2D eigenvalue weighted by atomic mass is 35.5. The number of carbonyl (C=O) groups excluding carboxylic acids is 3. The molecule has 2 aromatic carbocycles. The molecule has 3 amide bonds. The van der Waals surface area contributed by atoms with Gasteiger partial charge in [-0.1, -0.05) is 11.6 Å². The third kappa shape index (κ3) is 5.16. The summed E-state index contributed by atoms with van der Waals surface area (Å²) in [6.45, 7) is 1.80. The standard InChI is InChI=1S/C20H16ClFN2O4S/c1-2-28-16-8-3-13(21)9-12(16)10-17-19(26)24(20(27)29-17)11-18(25)23-15-6-4-14(22)5-7-15/h3-10H,2,11H2,1H3,(H,23,25)/b17-10-. The molecular formula is C20H16ClFN2O4S. The van der Waals surface area contributed by atoms with Gasteiger partial charge in [0.25, 0.3) is 11.1 Å². The van der Waals surface area contributed by atoms with E-state index in [9.17, 15) is 18.8 Å². The number of amides is 3. The van der Waals surface area contributed by atoms with Gasteiger partial charge in [0.2, 0.25) is 5.91 Å². The van der Waals surface area contributed by atoms with E-state index in [0.717, 1.165) is 16.7 Å². The van der Waals surface area contributed by atoms with Crippen molar-refractivity contribution in [1.82, 2.24) is 4.90 Å².